The summed E-state index contributed by atoms with van der Waals surface area (Å²) in [6.07, 6.45) is -4.07. The van der Waals surface area contributed by atoms with Gasteiger partial charge in [0, 0.05) is 24.7 Å². The Kier molecular flexibility index (Phi) is 6.01. The number of alkyl halides is 3. The third-order valence-corrected chi connectivity index (χ3v) is 4.86. The van der Waals surface area contributed by atoms with Crippen molar-refractivity contribution >= 4 is 29.1 Å². The Labute approximate surface area is 175 Å². The van der Waals surface area contributed by atoms with Crippen LogP contribution >= 0.6 is 0 Å². The highest BCUT2D eigenvalue weighted by molar-refractivity contribution is 6.09. The number of nitrogens with zero attached hydrogens (tertiary/aromatic N) is 1. The molecule has 0 spiro atoms. The standard InChI is InChI=1S/C21H19F4N3O3/c1-11-7-17(15(9-16(11)22)20(31)26-10-21(23,24)25)27-19(30)14-3-4-18-13(8-14)5-6-28(18)12(2)29/h3-4,7-9H,5-6,10H2,1-2H3,(H,26,31)(H,27,30). The molecule has 31 heavy (non-hydrogen) atoms. The van der Waals surface area contributed by atoms with Gasteiger partial charge in [-0.05, 0) is 54.8 Å². The van der Waals surface area contributed by atoms with Gasteiger partial charge in [-0.1, -0.05) is 0 Å². The highest BCUT2D eigenvalue weighted by atomic mass is 19.4. The molecule has 10 heteroatoms. The second kappa shape index (κ2) is 8.37. The maximum absolute atomic E-state index is 14.0. The van der Waals surface area contributed by atoms with Gasteiger partial charge >= 0.3 is 6.18 Å². The van der Waals surface area contributed by atoms with Gasteiger partial charge in [-0.25, -0.2) is 4.39 Å². The summed E-state index contributed by atoms with van der Waals surface area (Å²) in [7, 11) is 0. The van der Waals surface area contributed by atoms with Crippen LogP contribution in [0, 0.1) is 12.7 Å². The van der Waals surface area contributed by atoms with E-state index in [0.717, 1.165) is 11.6 Å². The summed E-state index contributed by atoms with van der Waals surface area (Å²) in [6, 6.07) is 6.69. The molecule has 0 aliphatic carbocycles. The molecule has 164 valence electrons. The zero-order chi connectivity index (χ0) is 22.9. The van der Waals surface area contributed by atoms with E-state index in [1.54, 1.807) is 22.3 Å². The lowest BCUT2D eigenvalue weighted by Gasteiger charge is -2.16. The molecule has 3 amide bonds. The molecule has 2 aromatic carbocycles. The van der Waals surface area contributed by atoms with E-state index >= 15 is 0 Å². The highest BCUT2D eigenvalue weighted by Crippen LogP contribution is 2.29. The summed E-state index contributed by atoms with van der Waals surface area (Å²) in [5.74, 6) is -2.71. The molecule has 1 aliphatic rings. The van der Waals surface area contributed by atoms with Gasteiger partial charge in [-0.3, -0.25) is 14.4 Å². The summed E-state index contributed by atoms with van der Waals surface area (Å²) >= 11 is 0. The van der Waals surface area contributed by atoms with Crippen molar-refractivity contribution in [2.24, 2.45) is 0 Å². The molecule has 3 rings (SSSR count). The average molecular weight is 437 g/mol. The van der Waals surface area contributed by atoms with E-state index in [-0.39, 0.29) is 22.7 Å². The molecular formula is C21H19F4N3O3. The first-order valence-corrected chi connectivity index (χ1v) is 9.34. The van der Waals surface area contributed by atoms with Crippen molar-refractivity contribution in [2.75, 3.05) is 23.3 Å². The fourth-order valence-electron chi connectivity index (χ4n) is 3.31. The number of halogens is 4. The largest absolute Gasteiger partial charge is 0.405 e. The fraction of sp³-hybridized carbons (Fsp3) is 0.286. The molecular weight excluding hydrogens is 418 g/mol. The smallest absolute Gasteiger partial charge is 0.343 e. The molecule has 0 atom stereocenters. The van der Waals surface area contributed by atoms with Gasteiger partial charge in [-0.2, -0.15) is 13.2 Å². The van der Waals surface area contributed by atoms with Crippen molar-refractivity contribution < 1.29 is 31.9 Å². The van der Waals surface area contributed by atoms with E-state index in [1.807, 2.05) is 0 Å². The van der Waals surface area contributed by atoms with Crippen LogP contribution in [0.15, 0.2) is 30.3 Å². The van der Waals surface area contributed by atoms with E-state index in [1.165, 1.54) is 26.0 Å². The molecule has 2 N–H and O–H groups in total. The van der Waals surface area contributed by atoms with Crippen LogP contribution in [-0.4, -0.2) is 37.0 Å². The number of anilines is 2. The number of amides is 3. The number of carbonyl (C=O) groups excluding carboxylic acids is 3. The quantitative estimate of drug-likeness (QED) is 0.718. The predicted octanol–water partition coefficient (Wildman–Crippen LogP) is 3.59. The predicted molar refractivity (Wildman–Crippen MR) is 106 cm³/mol. The zero-order valence-electron chi connectivity index (χ0n) is 16.7. The summed E-state index contributed by atoms with van der Waals surface area (Å²) in [4.78, 5) is 38.1. The minimum Gasteiger partial charge on any atom is -0.343 e. The summed E-state index contributed by atoms with van der Waals surface area (Å²) in [5.41, 5.74) is 1.29. The van der Waals surface area contributed by atoms with E-state index in [0.29, 0.717) is 18.7 Å². The van der Waals surface area contributed by atoms with Gasteiger partial charge in [-0.15, -0.1) is 0 Å². The number of aryl methyl sites for hydroxylation is 1. The van der Waals surface area contributed by atoms with Crippen LogP contribution in [0.4, 0.5) is 28.9 Å². The fourth-order valence-corrected chi connectivity index (χ4v) is 3.31. The van der Waals surface area contributed by atoms with E-state index < -0.39 is 35.9 Å². The maximum atomic E-state index is 14.0. The minimum absolute atomic E-state index is 0.105. The molecule has 2 aromatic rings. The van der Waals surface area contributed by atoms with Crippen molar-refractivity contribution in [3.63, 3.8) is 0 Å². The normalized spacial score (nSPS) is 13.0. The molecule has 0 saturated heterocycles. The van der Waals surface area contributed by atoms with Gasteiger partial charge in [0.1, 0.15) is 12.4 Å². The Balaban J connectivity index is 1.85. The summed E-state index contributed by atoms with van der Waals surface area (Å²) in [5, 5.41) is 4.14. The SMILES string of the molecule is CC(=O)N1CCc2cc(C(=O)Nc3cc(C)c(F)cc3C(=O)NCC(F)(F)F)ccc21. The van der Waals surface area contributed by atoms with Gasteiger partial charge in [0.2, 0.25) is 5.91 Å². The van der Waals surface area contributed by atoms with Crippen LogP contribution < -0.4 is 15.5 Å². The lowest BCUT2D eigenvalue weighted by atomic mass is 10.1. The molecule has 1 heterocycles. The Morgan fingerprint density at radius 1 is 1.10 bits per heavy atom. The lowest BCUT2D eigenvalue weighted by molar-refractivity contribution is -0.123. The van der Waals surface area contributed by atoms with Crippen molar-refractivity contribution in [3.8, 4) is 0 Å². The third kappa shape index (κ3) is 5.01. The van der Waals surface area contributed by atoms with Crippen molar-refractivity contribution in [2.45, 2.75) is 26.4 Å². The van der Waals surface area contributed by atoms with Gasteiger partial charge in [0.25, 0.3) is 11.8 Å². The minimum atomic E-state index is -4.64. The van der Waals surface area contributed by atoms with Crippen LogP contribution in [-0.2, 0) is 11.2 Å². The summed E-state index contributed by atoms with van der Waals surface area (Å²) < 4.78 is 51.2. The molecule has 0 unspecified atom stereocenters. The lowest BCUT2D eigenvalue weighted by Crippen LogP contribution is -2.34. The molecule has 0 saturated carbocycles. The number of hydrogen-bond donors (Lipinski definition) is 2. The Morgan fingerprint density at radius 2 is 1.81 bits per heavy atom. The second-order valence-electron chi connectivity index (χ2n) is 7.16. The molecule has 0 fully saturated rings. The number of rotatable bonds is 4. The van der Waals surface area contributed by atoms with Gasteiger partial charge < -0.3 is 15.5 Å². The average Bonchev–Trinajstić information content (AvgIpc) is 3.11. The van der Waals surface area contributed by atoms with Crippen molar-refractivity contribution in [1.29, 1.82) is 0 Å². The number of hydrogen-bond acceptors (Lipinski definition) is 3. The maximum Gasteiger partial charge on any atom is 0.405 e. The van der Waals surface area contributed by atoms with Crippen LogP contribution in [0.25, 0.3) is 0 Å². The van der Waals surface area contributed by atoms with Crippen LogP contribution in [0.1, 0.15) is 38.8 Å². The van der Waals surface area contributed by atoms with Crippen LogP contribution in [0.5, 0.6) is 0 Å². The first-order valence-electron chi connectivity index (χ1n) is 9.34. The number of nitrogens with one attached hydrogen (secondary N) is 2. The summed E-state index contributed by atoms with van der Waals surface area (Å²) in [6.45, 7) is 1.74. The van der Waals surface area contributed by atoms with Gasteiger partial charge in [0.15, 0.2) is 0 Å². The van der Waals surface area contributed by atoms with E-state index in [4.69, 9.17) is 0 Å². The zero-order valence-corrected chi connectivity index (χ0v) is 16.7. The first-order chi connectivity index (χ1) is 14.5. The van der Waals surface area contributed by atoms with Crippen LogP contribution in [0.3, 0.4) is 0 Å². The van der Waals surface area contributed by atoms with Crippen molar-refractivity contribution in [1.82, 2.24) is 5.32 Å². The first kappa shape index (κ1) is 22.3. The molecule has 6 nitrogen and oxygen atoms in total. The third-order valence-electron chi connectivity index (χ3n) is 4.86. The Morgan fingerprint density at radius 3 is 2.45 bits per heavy atom. The van der Waals surface area contributed by atoms with Gasteiger partial charge in [0.05, 0.1) is 11.3 Å². The second-order valence-corrected chi connectivity index (χ2v) is 7.16. The highest BCUT2D eigenvalue weighted by Gasteiger charge is 2.29. The molecule has 0 radical (unpaired) electrons. The van der Waals surface area contributed by atoms with E-state index in [9.17, 15) is 31.9 Å². The molecule has 0 aromatic heterocycles. The van der Waals surface area contributed by atoms with Crippen molar-refractivity contribution in [3.05, 3.63) is 58.4 Å². The number of fused-ring (bicyclic) bond motifs is 1. The Bertz CT molecular complexity index is 1070. The monoisotopic (exact) mass is 437 g/mol. The Hall–Kier alpha value is -3.43. The van der Waals surface area contributed by atoms with Crippen LogP contribution in [0.2, 0.25) is 0 Å². The van der Waals surface area contributed by atoms with E-state index in [2.05, 4.69) is 5.32 Å². The topological polar surface area (TPSA) is 78.5 Å². The molecule has 1 aliphatic heterocycles. The molecule has 0 bridgehead atoms. The number of carbonyl (C=O) groups is 3. The number of benzene rings is 2.